The van der Waals surface area contributed by atoms with Crippen molar-refractivity contribution >= 4 is 0 Å². The molecule has 1 heterocycles. The lowest BCUT2D eigenvalue weighted by atomic mass is 9.82. The fraction of sp³-hybridized carbons (Fsp3) is 0.857. The molecule has 2 nitrogen and oxygen atoms in total. The van der Waals surface area contributed by atoms with Gasteiger partial charge in [0, 0.05) is 5.41 Å². The molecular formula is C7H11NO. The monoisotopic (exact) mass is 125 g/mol. The first-order chi connectivity index (χ1) is 4.02. The summed E-state index contributed by atoms with van der Waals surface area (Å²) in [6.45, 7) is 6.66. The molecular weight excluding hydrogens is 114 g/mol. The van der Waals surface area contributed by atoms with E-state index in [0.717, 1.165) is 0 Å². The Morgan fingerprint density at radius 1 is 1.56 bits per heavy atom. The molecule has 1 atom stereocenters. The van der Waals surface area contributed by atoms with Crippen LogP contribution in [0, 0.1) is 16.7 Å². The topological polar surface area (TPSA) is 36.3 Å². The zero-order chi connectivity index (χ0) is 7.12. The van der Waals surface area contributed by atoms with Crippen molar-refractivity contribution in [3.8, 4) is 6.07 Å². The highest BCUT2D eigenvalue weighted by Gasteiger charge is 2.55. The van der Waals surface area contributed by atoms with Crippen LogP contribution in [0.3, 0.4) is 0 Å². The van der Waals surface area contributed by atoms with E-state index in [1.807, 2.05) is 20.8 Å². The maximum Gasteiger partial charge on any atom is 0.182 e. The smallest absolute Gasteiger partial charge is 0.182 e. The molecule has 0 N–H and O–H groups in total. The molecule has 0 aromatic heterocycles. The second kappa shape index (κ2) is 1.48. The molecule has 9 heavy (non-hydrogen) atoms. The molecule has 0 aromatic rings. The van der Waals surface area contributed by atoms with Gasteiger partial charge in [-0.1, -0.05) is 20.8 Å². The highest BCUT2D eigenvalue weighted by Crippen LogP contribution is 2.43. The molecule has 0 bridgehead atoms. The van der Waals surface area contributed by atoms with E-state index in [1.54, 1.807) is 0 Å². The van der Waals surface area contributed by atoms with Crippen LogP contribution in [0.1, 0.15) is 20.8 Å². The Morgan fingerprint density at radius 2 is 2.00 bits per heavy atom. The minimum absolute atomic E-state index is 0.0260. The fourth-order valence-corrected chi connectivity index (χ4v) is 0.737. The van der Waals surface area contributed by atoms with Crippen molar-refractivity contribution in [3.05, 3.63) is 0 Å². The largest absolute Gasteiger partial charge is 0.353 e. The number of epoxide rings is 1. The van der Waals surface area contributed by atoms with E-state index < -0.39 is 5.60 Å². The van der Waals surface area contributed by atoms with Crippen molar-refractivity contribution in [2.75, 3.05) is 6.61 Å². The van der Waals surface area contributed by atoms with Gasteiger partial charge in [-0.3, -0.25) is 0 Å². The molecule has 0 saturated carbocycles. The molecule has 0 aromatic carbocycles. The number of hydrogen-bond acceptors (Lipinski definition) is 2. The fourth-order valence-electron chi connectivity index (χ4n) is 0.737. The van der Waals surface area contributed by atoms with Gasteiger partial charge >= 0.3 is 0 Å². The minimum Gasteiger partial charge on any atom is -0.353 e. The summed E-state index contributed by atoms with van der Waals surface area (Å²) in [7, 11) is 0. The number of nitrogens with zero attached hydrogens (tertiary/aromatic N) is 1. The lowest BCUT2D eigenvalue weighted by Gasteiger charge is -2.20. The Hall–Kier alpha value is -0.550. The number of hydrogen-bond donors (Lipinski definition) is 0. The third-order valence-corrected chi connectivity index (χ3v) is 1.83. The van der Waals surface area contributed by atoms with Crippen molar-refractivity contribution in [2.45, 2.75) is 26.4 Å². The predicted molar refractivity (Wildman–Crippen MR) is 33.8 cm³/mol. The van der Waals surface area contributed by atoms with Gasteiger partial charge in [0.1, 0.15) is 6.07 Å². The van der Waals surface area contributed by atoms with E-state index in [-0.39, 0.29) is 5.41 Å². The van der Waals surface area contributed by atoms with Crippen molar-refractivity contribution in [1.29, 1.82) is 5.26 Å². The maximum atomic E-state index is 8.62. The molecule has 50 valence electrons. The van der Waals surface area contributed by atoms with E-state index >= 15 is 0 Å². The third kappa shape index (κ3) is 0.818. The quantitative estimate of drug-likeness (QED) is 0.458. The Kier molecular flexibility index (Phi) is 1.08. The highest BCUT2D eigenvalue weighted by molar-refractivity contribution is 5.17. The first-order valence-corrected chi connectivity index (χ1v) is 3.07. The zero-order valence-corrected chi connectivity index (χ0v) is 6.06. The van der Waals surface area contributed by atoms with E-state index in [4.69, 9.17) is 10.00 Å². The van der Waals surface area contributed by atoms with E-state index in [0.29, 0.717) is 6.61 Å². The third-order valence-electron chi connectivity index (χ3n) is 1.83. The van der Waals surface area contributed by atoms with Crippen molar-refractivity contribution in [1.82, 2.24) is 0 Å². The SMILES string of the molecule is CC(C)(C)C1(C#N)CO1. The van der Waals surface area contributed by atoms with E-state index in [1.165, 1.54) is 0 Å². The second-order valence-electron chi connectivity index (χ2n) is 3.48. The van der Waals surface area contributed by atoms with Crippen LogP contribution < -0.4 is 0 Å². The summed E-state index contributed by atoms with van der Waals surface area (Å²) >= 11 is 0. The Morgan fingerprint density at radius 3 is 2.00 bits per heavy atom. The van der Waals surface area contributed by atoms with Crippen LogP contribution in [0.15, 0.2) is 0 Å². The van der Waals surface area contributed by atoms with Crippen LogP contribution in [0.4, 0.5) is 0 Å². The number of ether oxygens (including phenoxy) is 1. The summed E-state index contributed by atoms with van der Waals surface area (Å²) in [5.74, 6) is 0. The standard InChI is InChI=1S/C7H11NO/c1-6(2,3)7(4-8)5-9-7/h5H2,1-3H3. The van der Waals surface area contributed by atoms with Gasteiger partial charge in [0.05, 0.1) is 6.61 Å². The second-order valence-corrected chi connectivity index (χ2v) is 3.48. The number of nitriles is 1. The van der Waals surface area contributed by atoms with Gasteiger partial charge in [-0.25, -0.2) is 0 Å². The highest BCUT2D eigenvalue weighted by atomic mass is 16.6. The zero-order valence-electron chi connectivity index (χ0n) is 6.06. The van der Waals surface area contributed by atoms with Crippen molar-refractivity contribution in [3.63, 3.8) is 0 Å². The summed E-state index contributed by atoms with van der Waals surface area (Å²) in [5.41, 5.74) is -0.491. The van der Waals surface area contributed by atoms with Gasteiger partial charge in [-0.05, 0) is 0 Å². The van der Waals surface area contributed by atoms with Gasteiger partial charge in [0.25, 0.3) is 0 Å². The van der Waals surface area contributed by atoms with Gasteiger partial charge in [0.15, 0.2) is 5.60 Å². The predicted octanol–water partition coefficient (Wildman–Crippen LogP) is 1.33. The average Bonchev–Trinajstić information content (AvgIpc) is 2.40. The van der Waals surface area contributed by atoms with Gasteiger partial charge < -0.3 is 4.74 Å². The van der Waals surface area contributed by atoms with Crippen LogP contribution in [0.25, 0.3) is 0 Å². The van der Waals surface area contributed by atoms with Gasteiger partial charge in [0.2, 0.25) is 0 Å². The van der Waals surface area contributed by atoms with Crippen LogP contribution >= 0.6 is 0 Å². The summed E-state index contributed by atoms with van der Waals surface area (Å²) in [6.07, 6.45) is 0. The Balaban J connectivity index is 2.75. The van der Waals surface area contributed by atoms with Crippen molar-refractivity contribution < 1.29 is 4.74 Å². The molecule has 1 unspecified atom stereocenters. The van der Waals surface area contributed by atoms with Crippen LogP contribution in [0.5, 0.6) is 0 Å². The van der Waals surface area contributed by atoms with Gasteiger partial charge in [-0.15, -0.1) is 0 Å². The summed E-state index contributed by atoms with van der Waals surface area (Å²) in [5, 5.41) is 8.62. The average molecular weight is 125 g/mol. The molecule has 0 aliphatic carbocycles. The molecule has 2 heteroatoms. The molecule has 0 spiro atoms. The molecule has 1 aliphatic rings. The first-order valence-electron chi connectivity index (χ1n) is 3.07. The van der Waals surface area contributed by atoms with Crippen molar-refractivity contribution in [2.24, 2.45) is 5.41 Å². The van der Waals surface area contributed by atoms with Crippen LogP contribution in [0.2, 0.25) is 0 Å². The Bertz CT molecular complexity index is 157. The van der Waals surface area contributed by atoms with Gasteiger partial charge in [-0.2, -0.15) is 5.26 Å². The minimum atomic E-state index is -0.465. The first kappa shape index (κ1) is 6.57. The maximum absolute atomic E-state index is 8.62. The summed E-state index contributed by atoms with van der Waals surface area (Å²) in [6, 6.07) is 2.17. The Labute approximate surface area is 55.4 Å². The molecule has 0 amide bonds. The lowest BCUT2D eigenvalue weighted by molar-refractivity contribution is 0.207. The van der Waals surface area contributed by atoms with Crippen LogP contribution in [-0.4, -0.2) is 12.2 Å². The number of rotatable bonds is 0. The molecule has 0 radical (unpaired) electrons. The molecule has 1 rings (SSSR count). The van der Waals surface area contributed by atoms with E-state index in [9.17, 15) is 0 Å². The summed E-state index contributed by atoms with van der Waals surface area (Å²) in [4.78, 5) is 0. The molecule has 1 fully saturated rings. The summed E-state index contributed by atoms with van der Waals surface area (Å²) < 4.78 is 5.05. The lowest BCUT2D eigenvalue weighted by Crippen LogP contribution is -2.28. The normalized spacial score (nSPS) is 33.6. The van der Waals surface area contributed by atoms with Crippen LogP contribution in [-0.2, 0) is 4.74 Å². The molecule has 1 aliphatic heterocycles. The molecule has 1 saturated heterocycles. The van der Waals surface area contributed by atoms with E-state index in [2.05, 4.69) is 6.07 Å².